The first-order valence-corrected chi connectivity index (χ1v) is 9.86. The van der Waals surface area contributed by atoms with Crippen LogP contribution in [-0.4, -0.2) is 32.3 Å². The minimum absolute atomic E-state index is 0.100. The van der Waals surface area contributed by atoms with Gasteiger partial charge in [0.25, 0.3) is 5.91 Å². The van der Waals surface area contributed by atoms with E-state index in [0.717, 1.165) is 29.8 Å². The van der Waals surface area contributed by atoms with E-state index in [1.807, 2.05) is 39.0 Å². The number of hydrogen-bond acceptors (Lipinski definition) is 5. The van der Waals surface area contributed by atoms with Crippen LogP contribution < -0.4 is 24.8 Å². The molecule has 0 fully saturated rings. The summed E-state index contributed by atoms with van der Waals surface area (Å²) < 4.78 is 17.2. The molecule has 2 aromatic carbocycles. The molecular weight excluding hydrogens is 356 g/mol. The predicted molar refractivity (Wildman–Crippen MR) is 111 cm³/mol. The van der Waals surface area contributed by atoms with E-state index in [-0.39, 0.29) is 5.91 Å². The van der Waals surface area contributed by atoms with Crippen LogP contribution in [0.5, 0.6) is 17.2 Å². The number of anilines is 2. The molecule has 0 radical (unpaired) electrons. The number of carbonyl (C=O) groups is 1. The molecule has 1 aliphatic heterocycles. The molecule has 2 N–H and O–H groups in total. The number of benzene rings is 2. The van der Waals surface area contributed by atoms with Gasteiger partial charge in [-0.15, -0.1) is 0 Å². The summed E-state index contributed by atoms with van der Waals surface area (Å²) in [5.74, 6) is 1.47. The van der Waals surface area contributed by atoms with Crippen LogP contribution in [0.2, 0.25) is 0 Å². The van der Waals surface area contributed by atoms with Crippen molar-refractivity contribution in [1.82, 2.24) is 0 Å². The van der Waals surface area contributed by atoms with Gasteiger partial charge in [-0.05, 0) is 63.4 Å². The third-order valence-electron chi connectivity index (χ3n) is 4.69. The number of carbonyl (C=O) groups excluding carboxylic acids is 1. The van der Waals surface area contributed by atoms with Gasteiger partial charge in [-0.1, -0.05) is 6.07 Å². The van der Waals surface area contributed by atoms with Crippen molar-refractivity contribution < 1.29 is 19.0 Å². The first-order valence-electron chi connectivity index (χ1n) is 9.86. The standard InChI is InChI=1S/C22H28N2O4/c1-4-26-19-13-15(14-20(27-5-2)21(19)28-6-3)22(25)24-12-8-9-16-17(23)10-7-11-18(16)24/h7,10-11,13-14H,4-6,8-9,12,23H2,1-3H3. The lowest BCUT2D eigenvalue weighted by Gasteiger charge is -2.30. The van der Waals surface area contributed by atoms with Gasteiger partial charge in [0.2, 0.25) is 5.75 Å². The molecule has 0 aromatic heterocycles. The number of ether oxygens (including phenoxy) is 3. The number of amides is 1. The van der Waals surface area contributed by atoms with Gasteiger partial charge in [0.1, 0.15) is 0 Å². The maximum Gasteiger partial charge on any atom is 0.258 e. The topological polar surface area (TPSA) is 74.0 Å². The number of fused-ring (bicyclic) bond motifs is 1. The van der Waals surface area contributed by atoms with Gasteiger partial charge in [-0.2, -0.15) is 0 Å². The van der Waals surface area contributed by atoms with E-state index in [0.29, 0.717) is 49.2 Å². The Labute approximate surface area is 166 Å². The molecule has 28 heavy (non-hydrogen) atoms. The molecule has 0 unspecified atom stereocenters. The molecule has 3 rings (SSSR count). The lowest BCUT2D eigenvalue weighted by atomic mass is 9.99. The average Bonchev–Trinajstić information content (AvgIpc) is 2.70. The largest absolute Gasteiger partial charge is 0.490 e. The molecule has 1 heterocycles. The summed E-state index contributed by atoms with van der Waals surface area (Å²) in [4.78, 5) is 15.2. The zero-order valence-electron chi connectivity index (χ0n) is 16.8. The number of nitrogens with zero attached hydrogens (tertiary/aromatic N) is 1. The number of nitrogens with two attached hydrogens (primary N) is 1. The van der Waals surface area contributed by atoms with Gasteiger partial charge >= 0.3 is 0 Å². The van der Waals surface area contributed by atoms with E-state index in [1.54, 1.807) is 17.0 Å². The maximum atomic E-state index is 13.4. The molecule has 1 aliphatic rings. The van der Waals surface area contributed by atoms with Gasteiger partial charge < -0.3 is 24.8 Å². The van der Waals surface area contributed by atoms with E-state index in [4.69, 9.17) is 19.9 Å². The molecule has 0 atom stereocenters. The van der Waals surface area contributed by atoms with Crippen LogP contribution in [0.1, 0.15) is 43.1 Å². The second-order valence-electron chi connectivity index (χ2n) is 6.51. The first kappa shape index (κ1) is 19.9. The van der Waals surface area contributed by atoms with Gasteiger partial charge in [-0.25, -0.2) is 0 Å². The average molecular weight is 384 g/mol. The highest BCUT2D eigenvalue weighted by molar-refractivity contribution is 6.07. The summed E-state index contributed by atoms with van der Waals surface area (Å²) in [6, 6.07) is 9.18. The summed E-state index contributed by atoms with van der Waals surface area (Å²) in [5, 5.41) is 0. The van der Waals surface area contributed by atoms with E-state index in [9.17, 15) is 4.79 Å². The molecule has 150 valence electrons. The van der Waals surface area contributed by atoms with Crippen LogP contribution in [0.3, 0.4) is 0 Å². The molecule has 0 bridgehead atoms. The Morgan fingerprint density at radius 3 is 2.29 bits per heavy atom. The van der Waals surface area contributed by atoms with E-state index in [2.05, 4.69) is 0 Å². The van der Waals surface area contributed by atoms with E-state index < -0.39 is 0 Å². The van der Waals surface area contributed by atoms with Gasteiger partial charge in [0.15, 0.2) is 11.5 Å². The molecule has 6 heteroatoms. The van der Waals surface area contributed by atoms with Crippen molar-refractivity contribution in [3.05, 3.63) is 41.5 Å². The van der Waals surface area contributed by atoms with Gasteiger partial charge in [-0.3, -0.25) is 4.79 Å². The second-order valence-corrected chi connectivity index (χ2v) is 6.51. The predicted octanol–water partition coefficient (Wildman–Crippen LogP) is 4.06. The maximum absolute atomic E-state index is 13.4. The van der Waals surface area contributed by atoms with Gasteiger partial charge in [0.05, 0.1) is 19.8 Å². The minimum Gasteiger partial charge on any atom is -0.490 e. The van der Waals surface area contributed by atoms with Crippen LogP contribution in [0.25, 0.3) is 0 Å². The Kier molecular flexibility index (Phi) is 6.29. The second kappa shape index (κ2) is 8.87. The zero-order valence-corrected chi connectivity index (χ0v) is 16.8. The molecular formula is C22H28N2O4. The monoisotopic (exact) mass is 384 g/mol. The van der Waals surface area contributed by atoms with Crippen molar-refractivity contribution in [3.8, 4) is 17.2 Å². The third-order valence-corrected chi connectivity index (χ3v) is 4.69. The fraction of sp³-hybridized carbons (Fsp3) is 0.409. The molecule has 2 aromatic rings. The van der Waals surface area contributed by atoms with Crippen molar-refractivity contribution in [2.24, 2.45) is 0 Å². The summed E-state index contributed by atoms with van der Waals surface area (Å²) in [6.45, 7) is 7.75. The number of nitrogen functional groups attached to an aromatic ring is 1. The first-order chi connectivity index (χ1) is 13.6. The van der Waals surface area contributed by atoms with Gasteiger partial charge in [0, 0.05) is 23.5 Å². The number of rotatable bonds is 7. The molecule has 0 saturated carbocycles. The molecule has 1 amide bonds. The Bertz CT molecular complexity index is 823. The highest BCUT2D eigenvalue weighted by atomic mass is 16.5. The van der Waals surface area contributed by atoms with E-state index >= 15 is 0 Å². The van der Waals surface area contributed by atoms with Crippen LogP contribution >= 0.6 is 0 Å². The summed E-state index contributed by atoms with van der Waals surface area (Å²) in [7, 11) is 0. The molecule has 0 saturated heterocycles. The highest BCUT2D eigenvalue weighted by Gasteiger charge is 2.27. The van der Waals surface area contributed by atoms with Crippen LogP contribution in [0.4, 0.5) is 11.4 Å². The third kappa shape index (κ3) is 3.86. The SMILES string of the molecule is CCOc1cc(C(=O)N2CCCc3c(N)cccc32)cc(OCC)c1OCC. The lowest BCUT2D eigenvalue weighted by molar-refractivity contribution is 0.0984. The van der Waals surface area contributed by atoms with Crippen LogP contribution in [-0.2, 0) is 6.42 Å². The van der Waals surface area contributed by atoms with Crippen LogP contribution in [0.15, 0.2) is 30.3 Å². The molecule has 0 aliphatic carbocycles. The molecule has 0 spiro atoms. The zero-order chi connectivity index (χ0) is 20.1. The van der Waals surface area contributed by atoms with Crippen molar-refractivity contribution >= 4 is 17.3 Å². The number of hydrogen-bond donors (Lipinski definition) is 1. The fourth-order valence-electron chi connectivity index (χ4n) is 3.53. The van der Waals surface area contributed by atoms with Crippen molar-refractivity contribution in [2.45, 2.75) is 33.6 Å². The van der Waals surface area contributed by atoms with E-state index in [1.165, 1.54) is 0 Å². The molecule has 6 nitrogen and oxygen atoms in total. The summed E-state index contributed by atoms with van der Waals surface area (Å²) in [5.41, 5.74) is 9.27. The Hall–Kier alpha value is -2.89. The Morgan fingerprint density at radius 1 is 1.04 bits per heavy atom. The smallest absolute Gasteiger partial charge is 0.258 e. The summed E-state index contributed by atoms with van der Waals surface area (Å²) >= 11 is 0. The summed E-state index contributed by atoms with van der Waals surface area (Å²) in [6.07, 6.45) is 1.75. The Morgan fingerprint density at radius 2 is 1.68 bits per heavy atom. The van der Waals surface area contributed by atoms with Crippen LogP contribution in [0, 0.1) is 0 Å². The minimum atomic E-state index is -0.100. The Balaban J connectivity index is 2.04. The van der Waals surface area contributed by atoms with Crippen molar-refractivity contribution in [2.75, 3.05) is 37.0 Å². The fourth-order valence-corrected chi connectivity index (χ4v) is 3.53. The normalized spacial score (nSPS) is 13.0. The quantitative estimate of drug-likeness (QED) is 0.729. The highest BCUT2D eigenvalue weighted by Crippen LogP contribution is 2.40. The lowest BCUT2D eigenvalue weighted by Crippen LogP contribution is -2.35. The van der Waals surface area contributed by atoms with Crippen molar-refractivity contribution in [3.63, 3.8) is 0 Å². The van der Waals surface area contributed by atoms with Crippen molar-refractivity contribution in [1.29, 1.82) is 0 Å².